The van der Waals surface area contributed by atoms with Gasteiger partial charge >= 0.3 is 11.9 Å². The van der Waals surface area contributed by atoms with Gasteiger partial charge in [-0.15, -0.1) is 0 Å². The van der Waals surface area contributed by atoms with Gasteiger partial charge in [-0.2, -0.15) is 0 Å². The van der Waals surface area contributed by atoms with E-state index < -0.39 is 133 Å². The maximum Gasteiger partial charge on any atom is 0.336 e. The predicted octanol–water partition coefficient (Wildman–Crippen LogP) is 3.09. The number of hydrogen-bond acceptors (Lipinski definition) is 16. The standard InChI is InChI=1S/C73H92N12O17S/c1-41(2)34-56(82-65(93)42(3)76-68(96)58(36-45-20-12-9-13-21-45)83-70(98)57(77-43(4)87)35-44-18-10-8-11-19-44)69(97)80-54(23-15-17-33-85(5,6)7)66(94)84-59(40-86)71(99)81-55(30-31-62(90)91)67(95)79-53(64(74)92)22-14-16-32-75-73(103)78-46-24-27-49(52(37-46)72(100)101)63-50-28-25-47(88)38-60(50)102-61-39-48(89)26-29-51(61)63/h8-13,18-21,24-29,37-39,41-42,53-59,86H,14-17,22-23,30-36,40H2,1-7H3,(H14-,74,75,76,77,78,79,80,81,82,83,84,87,88,89,90,91,92,93,94,95,96,97,98,99,100,101,103)/p+1/t42-,53-,54-,55-,56-,57-,58-,59-/m0/s1. The molecule has 6 rings (SSSR count). The van der Waals surface area contributed by atoms with Crippen LogP contribution in [0.3, 0.4) is 0 Å². The van der Waals surface area contributed by atoms with E-state index in [0.29, 0.717) is 58.1 Å². The molecule has 103 heavy (non-hydrogen) atoms. The molecule has 9 amide bonds. The van der Waals surface area contributed by atoms with Gasteiger partial charge in [0.05, 0.1) is 39.9 Å². The Morgan fingerprint density at radius 3 is 1.67 bits per heavy atom. The van der Waals surface area contributed by atoms with Crippen molar-refractivity contribution in [3.63, 3.8) is 0 Å². The highest BCUT2D eigenvalue weighted by Gasteiger charge is 2.35. The number of anilines is 1. The van der Waals surface area contributed by atoms with Crippen LogP contribution in [0.25, 0.3) is 33.4 Å². The van der Waals surface area contributed by atoms with Gasteiger partial charge in [0.25, 0.3) is 0 Å². The number of aliphatic hydroxyl groups is 1. The van der Waals surface area contributed by atoms with Crippen molar-refractivity contribution in [1.29, 1.82) is 0 Å². The molecule has 1 aliphatic heterocycles. The molecule has 0 aromatic heterocycles. The molecule has 29 nitrogen and oxygen atoms in total. The van der Waals surface area contributed by atoms with Crippen molar-refractivity contribution < 1.29 is 82.1 Å². The van der Waals surface area contributed by atoms with Crippen LogP contribution < -0.4 is 64.3 Å². The topological polar surface area (TPSA) is 445 Å². The van der Waals surface area contributed by atoms with Crippen LogP contribution in [-0.4, -0.2) is 184 Å². The number of phenolic OH excluding ortho intramolecular Hbond substituents is 1. The summed E-state index contributed by atoms with van der Waals surface area (Å²) in [6.45, 7) is 6.04. The number of benzene rings is 5. The van der Waals surface area contributed by atoms with Gasteiger partial charge in [-0.1, -0.05) is 80.6 Å². The summed E-state index contributed by atoms with van der Waals surface area (Å²) in [5.74, 6) is -10.3. The first-order valence-corrected chi connectivity index (χ1v) is 34.2. The Hall–Kier alpha value is -10.9. The van der Waals surface area contributed by atoms with Crippen LogP contribution in [0.4, 0.5) is 5.69 Å². The fourth-order valence-corrected chi connectivity index (χ4v) is 11.6. The van der Waals surface area contributed by atoms with Gasteiger partial charge in [0.1, 0.15) is 65.4 Å². The van der Waals surface area contributed by atoms with Crippen LogP contribution in [-0.2, 0) is 60.8 Å². The third kappa shape index (κ3) is 25.9. The van der Waals surface area contributed by atoms with E-state index in [1.54, 1.807) is 92.7 Å². The molecular formula is C73H93N12O17S+. The highest BCUT2D eigenvalue weighted by Crippen LogP contribution is 2.42. The Balaban J connectivity index is 1.07. The zero-order valence-corrected chi connectivity index (χ0v) is 59.4. The minimum absolute atomic E-state index is 0.00198. The lowest BCUT2D eigenvalue weighted by Crippen LogP contribution is -2.60. The summed E-state index contributed by atoms with van der Waals surface area (Å²) in [7, 11) is 5.89. The van der Waals surface area contributed by atoms with E-state index in [4.69, 9.17) is 22.4 Å². The second kappa shape index (κ2) is 38.8. The SMILES string of the molecule is CC(=O)N[C@@H](Cc1ccccc1)C(=O)N[C@@H](Cc1ccccc1)C(=O)N[C@@H](C)C(=O)N[C@@H](CC(C)C)C(=O)N[C@@H](CCCC[N+](C)(C)C)C(=O)N[C@@H](CO)C(=O)N[C@@H](CCC(=O)O)C(=O)N[C@@H](CCCCNC(=S)Nc1ccc(-c2c3ccc(=O)cc-3oc3cc(O)ccc23)c(C(=O)O)c1)C(N)=O. The highest BCUT2D eigenvalue weighted by molar-refractivity contribution is 7.80. The van der Waals surface area contributed by atoms with Gasteiger partial charge in [0.15, 0.2) is 10.5 Å². The highest BCUT2D eigenvalue weighted by atomic mass is 32.1. The molecular weight excluding hydrogens is 1350 g/mol. The number of hydrogen-bond donors (Lipinski definition) is 15. The minimum Gasteiger partial charge on any atom is -0.508 e. The maximum atomic E-state index is 14.4. The number of nitrogens with zero attached hydrogens (tertiary/aromatic N) is 1. The molecule has 0 saturated heterocycles. The number of carbonyl (C=O) groups is 11. The molecule has 0 bridgehead atoms. The first kappa shape index (κ1) is 81.1. The number of quaternary nitrogens is 1. The fraction of sp³-hybridized carbons (Fsp3) is 0.411. The minimum atomic E-state index is -1.79. The quantitative estimate of drug-likeness (QED) is 0.0114. The number of thiocarbonyl (C=S) groups is 1. The van der Waals surface area contributed by atoms with Crippen LogP contribution in [0.1, 0.15) is 107 Å². The van der Waals surface area contributed by atoms with E-state index in [9.17, 15) is 78.0 Å². The number of carboxylic acid groups (broad SMARTS) is 2. The lowest BCUT2D eigenvalue weighted by Gasteiger charge is -2.28. The lowest BCUT2D eigenvalue weighted by molar-refractivity contribution is -0.870. The average Bonchev–Trinajstić information content (AvgIpc) is 0.748. The lowest BCUT2D eigenvalue weighted by atomic mass is 9.90. The number of aliphatic carboxylic acids is 1. The van der Waals surface area contributed by atoms with Crippen molar-refractivity contribution in [2.75, 3.05) is 46.2 Å². The molecule has 4 aromatic rings. The summed E-state index contributed by atoms with van der Waals surface area (Å²) in [6, 6.07) is 19.7. The van der Waals surface area contributed by atoms with E-state index in [1.165, 1.54) is 50.2 Å². The van der Waals surface area contributed by atoms with E-state index in [1.807, 2.05) is 21.1 Å². The van der Waals surface area contributed by atoms with Crippen LogP contribution in [0, 0.1) is 5.92 Å². The molecule has 1 heterocycles. The number of nitrogens with two attached hydrogens (primary N) is 1. The average molecular weight is 1440 g/mol. The van der Waals surface area contributed by atoms with Crippen LogP contribution >= 0.6 is 12.2 Å². The number of aromatic hydroxyl groups is 1. The van der Waals surface area contributed by atoms with E-state index in [-0.39, 0.29) is 89.7 Å². The zero-order valence-electron chi connectivity index (χ0n) is 58.6. The molecule has 30 heteroatoms. The molecule has 4 aromatic carbocycles. The third-order valence-corrected chi connectivity index (χ3v) is 16.9. The Labute approximate surface area is 601 Å². The van der Waals surface area contributed by atoms with E-state index >= 15 is 0 Å². The molecule has 552 valence electrons. The number of aromatic carboxylic acids is 1. The van der Waals surface area contributed by atoms with Crippen molar-refractivity contribution >= 4 is 99.1 Å². The first-order valence-electron chi connectivity index (χ1n) is 33.8. The van der Waals surface area contributed by atoms with Crippen molar-refractivity contribution in [3.8, 4) is 28.2 Å². The zero-order chi connectivity index (χ0) is 75.7. The van der Waals surface area contributed by atoms with E-state index in [0.717, 1.165) is 5.56 Å². The molecule has 0 fully saturated rings. The van der Waals surface area contributed by atoms with Crippen molar-refractivity contribution in [3.05, 3.63) is 142 Å². The van der Waals surface area contributed by atoms with Crippen molar-refractivity contribution in [2.24, 2.45) is 11.7 Å². The molecule has 0 radical (unpaired) electrons. The number of primary amides is 1. The number of rotatable bonds is 39. The Bertz CT molecular complexity index is 4040. The summed E-state index contributed by atoms with van der Waals surface area (Å²) in [5, 5.41) is 68.0. The fourth-order valence-electron chi connectivity index (χ4n) is 11.3. The van der Waals surface area contributed by atoms with Gasteiger partial charge in [0.2, 0.25) is 53.2 Å². The summed E-state index contributed by atoms with van der Waals surface area (Å²) in [4.78, 5) is 161. The number of unbranched alkanes of at least 4 members (excludes halogenated alkanes) is 2. The molecule has 1 aliphatic carbocycles. The summed E-state index contributed by atoms with van der Waals surface area (Å²) < 4.78 is 6.48. The number of fused-ring (bicyclic) bond motifs is 2. The Morgan fingerprint density at radius 2 is 1.09 bits per heavy atom. The molecule has 0 saturated carbocycles. The number of amides is 9. The Morgan fingerprint density at radius 1 is 0.563 bits per heavy atom. The second-order valence-corrected chi connectivity index (χ2v) is 27.1. The second-order valence-electron chi connectivity index (χ2n) is 26.6. The van der Waals surface area contributed by atoms with Gasteiger partial charge < -0.3 is 88.2 Å². The Kier molecular flexibility index (Phi) is 30.6. The maximum absolute atomic E-state index is 14.4. The van der Waals surface area contributed by atoms with Gasteiger partial charge in [-0.05, 0) is 130 Å². The molecule has 2 aliphatic rings. The number of nitrogens with one attached hydrogen (secondary N) is 10. The molecule has 0 unspecified atom stereocenters. The van der Waals surface area contributed by atoms with Crippen molar-refractivity contribution in [2.45, 2.75) is 147 Å². The smallest absolute Gasteiger partial charge is 0.336 e. The normalized spacial score (nSPS) is 13.6. The first-order chi connectivity index (χ1) is 48.8. The summed E-state index contributed by atoms with van der Waals surface area (Å²) in [6.07, 6.45) is 0.454. The van der Waals surface area contributed by atoms with Gasteiger partial charge in [-0.25, -0.2) is 4.79 Å². The molecule has 0 spiro atoms. The number of carbonyl (C=O) groups excluding carboxylic acids is 9. The van der Waals surface area contributed by atoms with Gasteiger partial charge in [0, 0.05) is 67.1 Å². The summed E-state index contributed by atoms with van der Waals surface area (Å²) >= 11 is 5.50. The largest absolute Gasteiger partial charge is 0.508 e. The number of carboxylic acids is 2. The molecule has 16 N–H and O–H groups in total. The number of phenols is 1. The van der Waals surface area contributed by atoms with E-state index in [2.05, 4.69) is 53.2 Å². The predicted molar refractivity (Wildman–Crippen MR) is 388 cm³/mol. The van der Waals surface area contributed by atoms with Crippen LogP contribution in [0.15, 0.2) is 124 Å². The monoisotopic (exact) mass is 1440 g/mol. The third-order valence-electron chi connectivity index (χ3n) is 16.6. The van der Waals surface area contributed by atoms with Crippen LogP contribution in [0.5, 0.6) is 5.75 Å². The van der Waals surface area contributed by atoms with Gasteiger partial charge in [-0.3, -0.25) is 52.7 Å². The molecule has 8 atom stereocenters. The number of aliphatic hydroxyl groups excluding tert-OH is 1. The summed E-state index contributed by atoms with van der Waals surface area (Å²) in [5.41, 5.74) is 8.36. The van der Waals surface area contributed by atoms with Crippen molar-refractivity contribution in [1.82, 2.24) is 47.9 Å². The van der Waals surface area contributed by atoms with Crippen LogP contribution in [0.2, 0.25) is 0 Å².